The van der Waals surface area contributed by atoms with Crippen molar-refractivity contribution < 1.29 is 28.9 Å². The smallest absolute Gasteiger partial charge is 0.290 e. The van der Waals surface area contributed by atoms with E-state index in [1.54, 1.807) is 14.2 Å². The summed E-state index contributed by atoms with van der Waals surface area (Å²) in [7, 11) is 3.32. The first kappa shape index (κ1) is 28.2. The van der Waals surface area contributed by atoms with E-state index in [1.807, 2.05) is 37.3 Å². The quantitative estimate of drug-likeness (QED) is 0.432. The van der Waals surface area contributed by atoms with E-state index in [1.165, 1.54) is 32.1 Å². The van der Waals surface area contributed by atoms with Crippen LogP contribution in [0.15, 0.2) is 30.3 Å². The van der Waals surface area contributed by atoms with Crippen molar-refractivity contribution in [2.24, 2.45) is 5.92 Å². The predicted molar refractivity (Wildman–Crippen MR) is 138 cm³/mol. The molecule has 2 saturated carbocycles. The minimum absolute atomic E-state index is 0.250. The molecule has 2 N–H and O–H groups in total. The molecule has 192 valence electrons. The zero-order valence-electron chi connectivity index (χ0n) is 21.3. The lowest BCUT2D eigenvalue weighted by atomic mass is 9.88. The number of rotatable bonds is 8. The summed E-state index contributed by atoms with van der Waals surface area (Å²) in [5.41, 5.74) is 4.79. The molecule has 0 bridgehead atoms. The maximum Gasteiger partial charge on any atom is 0.290 e. The molecule has 0 aromatic heterocycles. The number of hydrogen-bond acceptors (Lipinski definition) is 5. The number of nitrogens with one attached hydrogen (secondary N) is 1. The van der Waals surface area contributed by atoms with E-state index in [4.69, 9.17) is 24.1 Å². The van der Waals surface area contributed by atoms with Crippen LogP contribution in [0.2, 0.25) is 0 Å². The molecule has 0 aliphatic heterocycles. The molecule has 2 aliphatic rings. The second-order valence-corrected chi connectivity index (χ2v) is 9.00. The molecule has 0 atom stereocenters. The third-order valence-corrected chi connectivity index (χ3v) is 6.56. The van der Waals surface area contributed by atoms with Gasteiger partial charge >= 0.3 is 0 Å². The average molecular weight is 486 g/mol. The summed E-state index contributed by atoms with van der Waals surface area (Å²) in [6.45, 7) is 4.54. The van der Waals surface area contributed by atoms with Gasteiger partial charge in [0.1, 0.15) is 11.5 Å². The van der Waals surface area contributed by atoms with E-state index in [2.05, 4.69) is 12.2 Å². The molecule has 4 rings (SSSR count). The van der Waals surface area contributed by atoms with Crippen LogP contribution in [-0.4, -0.2) is 38.3 Å². The van der Waals surface area contributed by atoms with Crippen LogP contribution in [-0.2, 0) is 20.9 Å². The fraction of sp³-hybridized carbons (Fsp3) is 0.500. The van der Waals surface area contributed by atoms with Crippen LogP contribution in [0.25, 0.3) is 11.1 Å². The zero-order valence-corrected chi connectivity index (χ0v) is 21.3. The SMILES string of the molecule is CC1CCC1.COc1cc(-c2ccc(NC=O)cc2COC2CCCC2)cc(OC)c1C.O=CO. The van der Waals surface area contributed by atoms with Crippen molar-refractivity contribution in [1.29, 1.82) is 0 Å². The van der Waals surface area contributed by atoms with Crippen LogP contribution in [0.5, 0.6) is 11.5 Å². The average Bonchev–Trinajstić information content (AvgIpc) is 3.37. The monoisotopic (exact) mass is 485 g/mol. The summed E-state index contributed by atoms with van der Waals surface area (Å²) in [5, 5.41) is 9.61. The van der Waals surface area contributed by atoms with Crippen molar-refractivity contribution in [3.8, 4) is 22.6 Å². The van der Waals surface area contributed by atoms with Crippen molar-refractivity contribution in [1.82, 2.24) is 0 Å². The molecule has 2 fully saturated rings. The van der Waals surface area contributed by atoms with Crippen LogP contribution in [0.3, 0.4) is 0 Å². The highest BCUT2D eigenvalue weighted by atomic mass is 16.5. The largest absolute Gasteiger partial charge is 0.496 e. The summed E-state index contributed by atoms with van der Waals surface area (Å²) in [5.74, 6) is 2.62. The maximum atomic E-state index is 10.8. The topological polar surface area (TPSA) is 94.1 Å². The van der Waals surface area contributed by atoms with Gasteiger partial charge in [-0.1, -0.05) is 45.1 Å². The van der Waals surface area contributed by atoms with Crippen LogP contribution in [0, 0.1) is 12.8 Å². The first-order valence-electron chi connectivity index (χ1n) is 12.2. The van der Waals surface area contributed by atoms with Crippen LogP contribution in [0.1, 0.15) is 63.0 Å². The molecule has 7 heteroatoms. The molecule has 35 heavy (non-hydrogen) atoms. The Bertz CT molecular complexity index is 910. The van der Waals surface area contributed by atoms with Crippen molar-refractivity contribution in [2.75, 3.05) is 19.5 Å². The van der Waals surface area contributed by atoms with Crippen LogP contribution in [0.4, 0.5) is 5.69 Å². The van der Waals surface area contributed by atoms with Gasteiger partial charge in [0.25, 0.3) is 6.47 Å². The number of benzene rings is 2. The Kier molecular flexibility index (Phi) is 12.1. The Balaban J connectivity index is 0.000000462. The molecule has 0 heterocycles. The second-order valence-electron chi connectivity index (χ2n) is 9.00. The Morgan fingerprint density at radius 2 is 1.54 bits per heavy atom. The summed E-state index contributed by atoms with van der Waals surface area (Å²) in [4.78, 5) is 19.2. The highest BCUT2D eigenvalue weighted by Gasteiger charge is 2.18. The van der Waals surface area contributed by atoms with Gasteiger partial charge in [0, 0.05) is 11.3 Å². The highest BCUT2D eigenvalue weighted by Crippen LogP contribution is 2.37. The van der Waals surface area contributed by atoms with Crippen molar-refractivity contribution in [3.63, 3.8) is 0 Å². The standard InChI is InChI=1S/C22H27NO4.C5H10.CH2O2/c1-15-21(25-2)11-16(12-22(15)26-3)20-9-8-18(23-14-24)10-17(20)13-27-19-6-4-5-7-19;1-5-3-2-4-5;2-1-3/h8-12,14,19H,4-7,13H2,1-3H3,(H,23,24);5H,2-4H2,1H3;1H,(H,2,3). The maximum absolute atomic E-state index is 10.8. The normalized spacial score (nSPS) is 15.0. The van der Waals surface area contributed by atoms with E-state index in [-0.39, 0.29) is 6.47 Å². The fourth-order valence-electron chi connectivity index (χ4n) is 4.27. The Labute approximate surface area is 208 Å². The lowest BCUT2D eigenvalue weighted by Gasteiger charge is -2.18. The summed E-state index contributed by atoms with van der Waals surface area (Å²) < 4.78 is 17.2. The number of methoxy groups -OCH3 is 2. The van der Waals surface area contributed by atoms with Gasteiger partial charge in [-0.15, -0.1) is 0 Å². The van der Waals surface area contributed by atoms with Crippen molar-refractivity contribution in [2.45, 2.75) is 71.5 Å². The van der Waals surface area contributed by atoms with Crippen molar-refractivity contribution >= 4 is 18.6 Å². The third-order valence-electron chi connectivity index (χ3n) is 6.56. The second kappa shape index (κ2) is 15.0. The molecule has 0 unspecified atom stereocenters. The third kappa shape index (κ3) is 8.58. The first-order chi connectivity index (χ1) is 17.0. The Hall–Kier alpha value is -3.06. The molecule has 2 aliphatic carbocycles. The lowest BCUT2D eigenvalue weighted by Crippen LogP contribution is -2.08. The molecule has 0 saturated heterocycles. The van der Waals surface area contributed by atoms with Gasteiger partial charge < -0.3 is 24.6 Å². The number of carbonyl (C=O) groups is 2. The number of carbonyl (C=O) groups excluding carboxylic acids is 1. The predicted octanol–water partition coefficient (Wildman–Crippen LogP) is 6.21. The minimum atomic E-state index is -0.250. The zero-order chi connectivity index (χ0) is 25.6. The molecule has 0 spiro atoms. The summed E-state index contributed by atoms with van der Waals surface area (Å²) in [6.07, 6.45) is 10.2. The fourth-order valence-corrected chi connectivity index (χ4v) is 4.27. The summed E-state index contributed by atoms with van der Waals surface area (Å²) >= 11 is 0. The molecule has 7 nitrogen and oxygen atoms in total. The Morgan fingerprint density at radius 1 is 0.971 bits per heavy atom. The van der Waals surface area contributed by atoms with Gasteiger partial charge in [-0.05, 0) is 66.6 Å². The number of hydrogen-bond donors (Lipinski definition) is 2. The number of carboxylic acid groups (broad SMARTS) is 1. The lowest BCUT2D eigenvalue weighted by molar-refractivity contribution is -0.122. The van der Waals surface area contributed by atoms with Crippen LogP contribution >= 0.6 is 0 Å². The van der Waals surface area contributed by atoms with Gasteiger partial charge in [-0.3, -0.25) is 9.59 Å². The van der Waals surface area contributed by atoms with E-state index in [0.717, 1.165) is 58.2 Å². The van der Waals surface area contributed by atoms with Gasteiger partial charge in [0.2, 0.25) is 6.41 Å². The van der Waals surface area contributed by atoms with E-state index >= 15 is 0 Å². The molecule has 1 amide bonds. The van der Waals surface area contributed by atoms with E-state index in [0.29, 0.717) is 19.1 Å². The number of anilines is 1. The van der Waals surface area contributed by atoms with Crippen molar-refractivity contribution in [3.05, 3.63) is 41.5 Å². The number of ether oxygens (including phenoxy) is 3. The first-order valence-corrected chi connectivity index (χ1v) is 12.2. The molecular weight excluding hydrogens is 446 g/mol. The minimum Gasteiger partial charge on any atom is -0.496 e. The number of amides is 1. The van der Waals surface area contributed by atoms with E-state index < -0.39 is 0 Å². The van der Waals surface area contributed by atoms with Gasteiger partial charge in [-0.25, -0.2) is 0 Å². The highest BCUT2D eigenvalue weighted by molar-refractivity contribution is 5.77. The molecule has 2 aromatic carbocycles. The van der Waals surface area contributed by atoms with Gasteiger partial charge in [-0.2, -0.15) is 0 Å². The van der Waals surface area contributed by atoms with Gasteiger partial charge in [0.15, 0.2) is 0 Å². The Morgan fingerprint density at radius 3 is 2.00 bits per heavy atom. The molecular formula is C28H39NO6. The molecule has 2 aromatic rings. The van der Waals surface area contributed by atoms with E-state index in [9.17, 15) is 4.79 Å². The van der Waals surface area contributed by atoms with Gasteiger partial charge in [0.05, 0.1) is 26.9 Å². The molecule has 0 radical (unpaired) electrons. The summed E-state index contributed by atoms with van der Waals surface area (Å²) in [6, 6.07) is 9.89. The van der Waals surface area contributed by atoms with Crippen LogP contribution < -0.4 is 14.8 Å².